The summed E-state index contributed by atoms with van der Waals surface area (Å²) in [5.41, 5.74) is 5.36. The predicted molar refractivity (Wildman–Crippen MR) is 74.0 cm³/mol. The van der Waals surface area contributed by atoms with Crippen molar-refractivity contribution in [3.63, 3.8) is 0 Å². The Morgan fingerprint density at radius 1 is 1.10 bits per heavy atom. The van der Waals surface area contributed by atoms with Crippen LogP contribution < -0.4 is 5.73 Å². The van der Waals surface area contributed by atoms with E-state index in [2.05, 4.69) is 18.7 Å². The van der Waals surface area contributed by atoms with Crippen molar-refractivity contribution in [2.24, 2.45) is 5.73 Å². The van der Waals surface area contributed by atoms with Gasteiger partial charge in [0.2, 0.25) is 0 Å². The largest absolute Gasteiger partial charge is 0.490 e. The molecule has 0 spiro atoms. The minimum Gasteiger partial charge on any atom is -0.475 e. The molecule has 3 N–H and O–H groups in total. The van der Waals surface area contributed by atoms with E-state index in [0.717, 1.165) is 32.5 Å². The topological polar surface area (TPSA) is 83.6 Å². The molecule has 0 saturated carbocycles. The van der Waals surface area contributed by atoms with Gasteiger partial charge in [-0.05, 0) is 32.5 Å². The summed E-state index contributed by atoms with van der Waals surface area (Å²) < 4.78 is 31.7. The molecule has 0 heterocycles. The number of alkyl halides is 3. The van der Waals surface area contributed by atoms with Crippen LogP contribution in [0.15, 0.2) is 0 Å². The molecular weight excluding hydrogens is 289 g/mol. The molecule has 0 rings (SSSR count). The van der Waals surface area contributed by atoms with Gasteiger partial charge in [0, 0.05) is 19.4 Å². The monoisotopic (exact) mass is 314 g/mol. The summed E-state index contributed by atoms with van der Waals surface area (Å²) in [5.74, 6) is -2.38. The number of carboxylic acids is 1. The lowest BCUT2D eigenvalue weighted by Crippen LogP contribution is -2.25. The highest BCUT2D eigenvalue weighted by Gasteiger charge is 2.38. The summed E-state index contributed by atoms with van der Waals surface area (Å²) in [6.07, 6.45) is -1.75. The first kappa shape index (κ1) is 22.1. The van der Waals surface area contributed by atoms with Crippen LogP contribution in [0.5, 0.6) is 0 Å². The van der Waals surface area contributed by atoms with Gasteiger partial charge in [0.15, 0.2) is 0 Å². The van der Waals surface area contributed by atoms with Crippen LogP contribution in [0.25, 0.3) is 0 Å². The van der Waals surface area contributed by atoms with Crippen molar-refractivity contribution in [2.45, 2.75) is 45.7 Å². The van der Waals surface area contributed by atoms with Gasteiger partial charge < -0.3 is 15.7 Å². The van der Waals surface area contributed by atoms with Gasteiger partial charge >= 0.3 is 12.1 Å². The highest BCUT2D eigenvalue weighted by Crippen LogP contribution is 2.13. The van der Waals surface area contributed by atoms with Gasteiger partial charge in [0.1, 0.15) is 5.78 Å². The molecule has 0 aromatic carbocycles. The lowest BCUT2D eigenvalue weighted by Gasteiger charge is -2.16. The van der Waals surface area contributed by atoms with E-state index in [1.54, 1.807) is 0 Å². The number of nitrogens with zero attached hydrogens (tertiary/aromatic N) is 1. The lowest BCUT2D eigenvalue weighted by molar-refractivity contribution is -0.192. The lowest BCUT2D eigenvalue weighted by atomic mass is 10.1. The standard InChI is InChI=1S/C11H24N2O.C2HF3O2/c1-3-13(4-2)10-8-11(14)7-5-6-9-12;3-2(4,5)1(6)7/h3-10,12H2,1-2H3;(H,6,7). The zero-order chi connectivity index (χ0) is 16.9. The van der Waals surface area contributed by atoms with Crippen molar-refractivity contribution in [1.29, 1.82) is 0 Å². The first-order chi connectivity index (χ1) is 9.68. The van der Waals surface area contributed by atoms with Crippen LogP contribution in [0.3, 0.4) is 0 Å². The Morgan fingerprint density at radius 2 is 1.57 bits per heavy atom. The molecule has 21 heavy (non-hydrogen) atoms. The minimum absolute atomic E-state index is 0.380. The Hall–Kier alpha value is -1.15. The minimum atomic E-state index is -5.08. The van der Waals surface area contributed by atoms with Gasteiger partial charge in [-0.1, -0.05) is 13.8 Å². The number of unbranched alkanes of at least 4 members (excludes halogenated alkanes) is 1. The third-order valence-electron chi connectivity index (χ3n) is 2.75. The van der Waals surface area contributed by atoms with E-state index in [9.17, 15) is 18.0 Å². The maximum atomic E-state index is 11.4. The highest BCUT2D eigenvalue weighted by atomic mass is 19.4. The van der Waals surface area contributed by atoms with Gasteiger partial charge in [0.05, 0.1) is 0 Å². The molecule has 0 aliphatic heterocycles. The van der Waals surface area contributed by atoms with Crippen molar-refractivity contribution in [1.82, 2.24) is 4.90 Å². The van der Waals surface area contributed by atoms with Gasteiger partial charge in [-0.3, -0.25) is 4.79 Å². The van der Waals surface area contributed by atoms with Crippen LogP contribution in [-0.4, -0.2) is 54.1 Å². The fourth-order valence-corrected chi connectivity index (χ4v) is 1.41. The second kappa shape index (κ2) is 12.6. The Balaban J connectivity index is 0. The molecule has 0 aromatic heterocycles. The van der Waals surface area contributed by atoms with E-state index in [1.807, 2.05) is 0 Å². The summed E-state index contributed by atoms with van der Waals surface area (Å²) in [6.45, 7) is 7.93. The van der Waals surface area contributed by atoms with Crippen molar-refractivity contribution < 1.29 is 27.9 Å². The van der Waals surface area contributed by atoms with Crippen LogP contribution in [0, 0.1) is 0 Å². The Kier molecular flexibility index (Phi) is 13.3. The molecule has 8 heteroatoms. The molecule has 0 aromatic rings. The number of hydrogen-bond acceptors (Lipinski definition) is 4. The number of ketones is 1. The number of halogens is 3. The predicted octanol–water partition coefficient (Wildman–Crippen LogP) is 2.05. The number of aliphatic carboxylic acids is 1. The Bertz CT molecular complexity index is 293. The number of nitrogens with two attached hydrogens (primary N) is 1. The van der Waals surface area contributed by atoms with Crippen LogP contribution in [-0.2, 0) is 9.59 Å². The summed E-state index contributed by atoms with van der Waals surface area (Å²) in [4.78, 5) is 22.6. The number of carbonyl (C=O) groups excluding carboxylic acids is 1. The van der Waals surface area contributed by atoms with Crippen molar-refractivity contribution in [3.05, 3.63) is 0 Å². The highest BCUT2D eigenvalue weighted by molar-refractivity contribution is 5.78. The molecule has 0 fully saturated rings. The fourth-order valence-electron chi connectivity index (χ4n) is 1.41. The molecule has 0 saturated heterocycles. The van der Waals surface area contributed by atoms with E-state index in [4.69, 9.17) is 15.6 Å². The Morgan fingerprint density at radius 3 is 1.90 bits per heavy atom. The number of carbonyl (C=O) groups is 2. The summed E-state index contributed by atoms with van der Waals surface area (Å²) in [7, 11) is 0. The van der Waals surface area contributed by atoms with Gasteiger partial charge in [-0.25, -0.2) is 4.79 Å². The zero-order valence-corrected chi connectivity index (χ0v) is 12.6. The number of carboxylic acid groups (broad SMARTS) is 1. The first-order valence-electron chi connectivity index (χ1n) is 6.93. The summed E-state index contributed by atoms with van der Waals surface area (Å²) in [6, 6.07) is 0. The number of rotatable bonds is 9. The molecule has 0 unspecified atom stereocenters. The van der Waals surface area contributed by atoms with Crippen molar-refractivity contribution in [2.75, 3.05) is 26.2 Å². The Labute approximate surface area is 123 Å². The second-order valence-electron chi connectivity index (χ2n) is 4.36. The van der Waals surface area contributed by atoms with E-state index in [0.29, 0.717) is 25.2 Å². The van der Waals surface area contributed by atoms with Gasteiger partial charge in [-0.2, -0.15) is 13.2 Å². The van der Waals surface area contributed by atoms with E-state index in [1.165, 1.54) is 0 Å². The second-order valence-corrected chi connectivity index (χ2v) is 4.36. The molecule has 0 atom stereocenters. The smallest absolute Gasteiger partial charge is 0.475 e. The SMILES string of the molecule is CCN(CC)CCC(=O)CCCCN.O=C(O)C(F)(F)F. The average Bonchev–Trinajstić information content (AvgIpc) is 2.40. The zero-order valence-electron chi connectivity index (χ0n) is 12.6. The third kappa shape index (κ3) is 15.1. The summed E-state index contributed by atoms with van der Waals surface area (Å²) in [5, 5.41) is 7.12. The quantitative estimate of drug-likeness (QED) is 0.636. The van der Waals surface area contributed by atoms with E-state index >= 15 is 0 Å². The molecule has 0 aliphatic carbocycles. The normalized spacial score (nSPS) is 11.0. The van der Waals surface area contributed by atoms with Gasteiger partial charge in [0.25, 0.3) is 0 Å². The molecule has 0 bridgehead atoms. The summed E-state index contributed by atoms with van der Waals surface area (Å²) >= 11 is 0. The van der Waals surface area contributed by atoms with Crippen LogP contribution in [0.2, 0.25) is 0 Å². The molecule has 0 radical (unpaired) electrons. The molecule has 5 nitrogen and oxygen atoms in total. The van der Waals surface area contributed by atoms with Crippen molar-refractivity contribution >= 4 is 11.8 Å². The molecule has 0 aliphatic rings. The van der Waals surface area contributed by atoms with Crippen LogP contribution in [0.4, 0.5) is 13.2 Å². The molecule has 0 amide bonds. The van der Waals surface area contributed by atoms with E-state index in [-0.39, 0.29) is 0 Å². The number of hydrogen-bond donors (Lipinski definition) is 2. The van der Waals surface area contributed by atoms with E-state index < -0.39 is 12.1 Å². The van der Waals surface area contributed by atoms with Crippen molar-refractivity contribution in [3.8, 4) is 0 Å². The fraction of sp³-hybridized carbons (Fsp3) is 0.846. The third-order valence-corrected chi connectivity index (χ3v) is 2.75. The van der Waals surface area contributed by atoms with Crippen LogP contribution in [0.1, 0.15) is 39.5 Å². The maximum absolute atomic E-state index is 11.4. The van der Waals surface area contributed by atoms with Crippen LogP contribution >= 0.6 is 0 Å². The molecular formula is C13H25F3N2O3. The average molecular weight is 314 g/mol. The number of Topliss-reactive ketones (excluding diaryl/α,β-unsaturated/α-hetero) is 1. The maximum Gasteiger partial charge on any atom is 0.490 e. The molecule has 126 valence electrons. The first-order valence-corrected chi connectivity index (χ1v) is 6.93. The van der Waals surface area contributed by atoms with Gasteiger partial charge in [-0.15, -0.1) is 0 Å².